The van der Waals surface area contributed by atoms with Crippen molar-refractivity contribution in [1.29, 1.82) is 0 Å². The van der Waals surface area contributed by atoms with E-state index in [9.17, 15) is 14.4 Å². The van der Waals surface area contributed by atoms with Crippen LogP contribution in [-0.2, 0) is 15.6 Å². The maximum Gasteiger partial charge on any atom is 0.335 e. The Hall–Kier alpha value is -3.15. The number of carboxylic acid groups (broad SMARTS) is 1. The van der Waals surface area contributed by atoms with Gasteiger partial charge in [0, 0.05) is 29.3 Å². The van der Waals surface area contributed by atoms with Gasteiger partial charge in [-0.2, -0.15) is 0 Å². The normalized spacial score (nSPS) is 11.7. The average Bonchev–Trinajstić information content (AvgIpc) is 2.60. The summed E-state index contributed by atoms with van der Waals surface area (Å²) in [6, 6.07) is 9.36. The van der Waals surface area contributed by atoms with Crippen molar-refractivity contribution < 1.29 is 24.2 Å². The van der Waals surface area contributed by atoms with Crippen molar-refractivity contribution in [2.24, 2.45) is 0 Å². The van der Waals surface area contributed by atoms with E-state index < -0.39 is 11.9 Å². The molecule has 0 bridgehead atoms. The second kappa shape index (κ2) is 8.30. The molecule has 6 nitrogen and oxygen atoms in total. The summed E-state index contributed by atoms with van der Waals surface area (Å²) < 4.78 is 5.60. The number of carbonyl (C=O) groups is 3. The third-order valence-corrected chi connectivity index (χ3v) is 4.60. The monoisotopic (exact) mass is 411 g/mol. The largest absolute Gasteiger partial charge is 0.478 e. The minimum absolute atomic E-state index is 0.113. The van der Waals surface area contributed by atoms with Gasteiger partial charge in [-0.05, 0) is 47.2 Å². The van der Waals surface area contributed by atoms with Crippen molar-refractivity contribution >= 4 is 23.5 Å². The number of benzene rings is 2. The van der Waals surface area contributed by atoms with Crippen molar-refractivity contribution in [3.63, 3.8) is 0 Å². The van der Waals surface area contributed by atoms with Crippen molar-refractivity contribution in [1.82, 2.24) is 0 Å². The van der Waals surface area contributed by atoms with Crippen molar-refractivity contribution in [2.75, 3.05) is 5.32 Å². The minimum Gasteiger partial charge on any atom is -0.478 e. The Morgan fingerprint density at radius 1 is 0.833 bits per heavy atom. The lowest BCUT2D eigenvalue weighted by molar-refractivity contribution is -0.132. The van der Waals surface area contributed by atoms with Crippen LogP contribution in [0.5, 0.6) is 5.75 Å². The molecule has 2 N–H and O–H groups in total. The summed E-state index contributed by atoms with van der Waals surface area (Å²) in [4.78, 5) is 35.5. The van der Waals surface area contributed by atoms with E-state index in [4.69, 9.17) is 9.84 Å². The molecule has 0 atom stereocenters. The SMILES string of the molecule is CC(=O)Oc1c(C(C)(C)C)cc(NC(=O)c2ccc(C(=O)O)cc2)cc1C(C)(C)C. The van der Waals surface area contributed by atoms with Crippen molar-refractivity contribution in [2.45, 2.75) is 59.3 Å². The molecular formula is C24H29NO5. The highest BCUT2D eigenvalue weighted by molar-refractivity contribution is 6.05. The fraction of sp³-hybridized carbons (Fsp3) is 0.375. The second-order valence-corrected chi connectivity index (χ2v) is 9.33. The van der Waals surface area contributed by atoms with E-state index in [2.05, 4.69) is 5.32 Å². The van der Waals surface area contributed by atoms with E-state index in [1.54, 1.807) is 0 Å². The molecule has 0 saturated carbocycles. The predicted octanol–water partition coefficient (Wildman–Crippen LogP) is 5.16. The Balaban J connectivity index is 2.53. The molecule has 0 saturated heterocycles. The molecule has 0 aliphatic carbocycles. The molecule has 0 fully saturated rings. The van der Waals surface area contributed by atoms with E-state index in [0.29, 0.717) is 17.0 Å². The molecule has 2 aromatic carbocycles. The Labute approximate surface area is 177 Å². The average molecular weight is 411 g/mol. The molecule has 0 aromatic heterocycles. The lowest BCUT2D eigenvalue weighted by atomic mass is 9.79. The lowest BCUT2D eigenvalue weighted by Crippen LogP contribution is -2.22. The van der Waals surface area contributed by atoms with Crippen LogP contribution in [0.4, 0.5) is 5.69 Å². The van der Waals surface area contributed by atoms with Crippen LogP contribution in [0.3, 0.4) is 0 Å². The number of carboxylic acids is 1. The Morgan fingerprint density at radius 3 is 1.63 bits per heavy atom. The number of amides is 1. The van der Waals surface area contributed by atoms with Gasteiger partial charge in [0.05, 0.1) is 5.56 Å². The number of ether oxygens (including phenoxy) is 1. The number of anilines is 1. The number of rotatable bonds is 4. The van der Waals surface area contributed by atoms with Gasteiger partial charge in [0.15, 0.2) is 0 Å². The molecule has 0 aliphatic rings. The summed E-state index contributed by atoms with van der Waals surface area (Å²) in [5, 5.41) is 11.9. The first-order valence-electron chi connectivity index (χ1n) is 9.72. The number of aromatic carboxylic acids is 1. The zero-order chi connectivity index (χ0) is 22.9. The zero-order valence-corrected chi connectivity index (χ0v) is 18.5. The Bertz CT molecular complexity index is 941. The standard InChI is InChI=1S/C24H29NO5/c1-14(26)30-20-18(23(2,3)4)12-17(13-19(20)24(5,6)7)25-21(27)15-8-10-16(11-9-15)22(28)29/h8-13H,1-7H3,(H,25,27)(H,28,29). The van der Waals surface area contributed by atoms with Crippen LogP contribution in [0, 0.1) is 0 Å². The summed E-state index contributed by atoms with van der Waals surface area (Å²) in [6.45, 7) is 13.4. The van der Waals surface area contributed by atoms with Crippen molar-refractivity contribution in [3.05, 3.63) is 58.7 Å². The van der Waals surface area contributed by atoms with Crippen LogP contribution in [-0.4, -0.2) is 23.0 Å². The molecule has 0 unspecified atom stereocenters. The molecular weight excluding hydrogens is 382 g/mol. The number of nitrogens with one attached hydrogen (secondary N) is 1. The fourth-order valence-electron chi connectivity index (χ4n) is 3.04. The quantitative estimate of drug-likeness (QED) is 0.536. The molecule has 0 spiro atoms. The van der Waals surface area contributed by atoms with Crippen LogP contribution in [0.1, 0.15) is 80.3 Å². The topological polar surface area (TPSA) is 92.7 Å². The summed E-state index contributed by atoms with van der Waals surface area (Å²) in [6.07, 6.45) is 0. The minimum atomic E-state index is -1.05. The highest BCUT2D eigenvalue weighted by Gasteiger charge is 2.29. The Kier molecular flexibility index (Phi) is 6.40. The van der Waals surface area contributed by atoms with Gasteiger partial charge in [-0.1, -0.05) is 41.5 Å². The highest BCUT2D eigenvalue weighted by Crippen LogP contribution is 2.42. The smallest absolute Gasteiger partial charge is 0.335 e. The molecule has 0 aliphatic heterocycles. The van der Waals surface area contributed by atoms with E-state index in [1.807, 2.05) is 53.7 Å². The lowest BCUT2D eigenvalue weighted by Gasteiger charge is -2.30. The van der Waals surface area contributed by atoms with E-state index in [1.165, 1.54) is 31.2 Å². The first-order chi connectivity index (χ1) is 13.7. The van der Waals surface area contributed by atoms with Gasteiger partial charge in [-0.15, -0.1) is 0 Å². The molecule has 0 heterocycles. The van der Waals surface area contributed by atoms with Gasteiger partial charge in [-0.3, -0.25) is 9.59 Å². The van der Waals surface area contributed by atoms with Gasteiger partial charge in [0.2, 0.25) is 0 Å². The number of hydrogen-bond acceptors (Lipinski definition) is 4. The van der Waals surface area contributed by atoms with Gasteiger partial charge < -0.3 is 15.2 Å². The number of carbonyl (C=O) groups excluding carboxylic acids is 2. The van der Waals surface area contributed by atoms with Crippen LogP contribution in [0.15, 0.2) is 36.4 Å². The second-order valence-electron chi connectivity index (χ2n) is 9.33. The summed E-state index contributed by atoms with van der Waals surface area (Å²) in [7, 11) is 0. The third-order valence-electron chi connectivity index (χ3n) is 4.60. The molecule has 1 amide bonds. The molecule has 2 aromatic rings. The van der Waals surface area contributed by atoms with Gasteiger partial charge in [0.1, 0.15) is 5.75 Å². The van der Waals surface area contributed by atoms with Crippen LogP contribution in [0.25, 0.3) is 0 Å². The molecule has 6 heteroatoms. The zero-order valence-electron chi connectivity index (χ0n) is 18.5. The van der Waals surface area contributed by atoms with Gasteiger partial charge in [0.25, 0.3) is 5.91 Å². The van der Waals surface area contributed by atoms with E-state index >= 15 is 0 Å². The molecule has 30 heavy (non-hydrogen) atoms. The molecule has 160 valence electrons. The number of hydrogen-bond donors (Lipinski definition) is 2. The highest BCUT2D eigenvalue weighted by atomic mass is 16.5. The predicted molar refractivity (Wildman–Crippen MR) is 117 cm³/mol. The fourth-order valence-corrected chi connectivity index (χ4v) is 3.04. The summed E-state index contributed by atoms with van der Waals surface area (Å²) in [5.74, 6) is -1.29. The van der Waals surface area contributed by atoms with Crippen LogP contribution >= 0.6 is 0 Å². The van der Waals surface area contributed by atoms with Crippen molar-refractivity contribution in [3.8, 4) is 5.75 Å². The Morgan fingerprint density at radius 2 is 1.27 bits per heavy atom. The van der Waals surface area contributed by atoms with Crippen LogP contribution < -0.4 is 10.1 Å². The van der Waals surface area contributed by atoms with Gasteiger partial charge >= 0.3 is 11.9 Å². The first-order valence-corrected chi connectivity index (χ1v) is 9.72. The third kappa shape index (κ3) is 5.47. The number of esters is 1. The molecule has 0 radical (unpaired) electrons. The summed E-state index contributed by atoms with van der Waals surface area (Å²) >= 11 is 0. The molecule has 2 rings (SSSR count). The van der Waals surface area contributed by atoms with E-state index in [0.717, 1.165) is 11.1 Å². The van der Waals surface area contributed by atoms with Crippen LogP contribution in [0.2, 0.25) is 0 Å². The maximum atomic E-state index is 12.7. The van der Waals surface area contributed by atoms with Gasteiger partial charge in [-0.25, -0.2) is 4.79 Å². The van der Waals surface area contributed by atoms with E-state index in [-0.39, 0.29) is 22.3 Å². The maximum absolute atomic E-state index is 12.7. The summed E-state index contributed by atoms with van der Waals surface area (Å²) in [5.41, 5.74) is 1.97. The first kappa shape index (κ1) is 23.1.